The van der Waals surface area contributed by atoms with Crippen LogP contribution in [-0.2, 0) is 6.42 Å². The Kier molecular flexibility index (Phi) is 1.93. The van der Waals surface area contributed by atoms with Crippen LogP contribution in [0.1, 0.15) is 21.6 Å². The van der Waals surface area contributed by atoms with Crippen molar-refractivity contribution in [3.05, 3.63) is 41.1 Å². The van der Waals surface area contributed by atoms with Crippen molar-refractivity contribution in [1.82, 2.24) is 10.3 Å². The number of carbonyl (C=O) groups excluding carboxylic acids is 1. The number of nitrogens with one attached hydrogen (secondary N) is 1. The number of para-hydroxylation sites is 1. The zero-order valence-electron chi connectivity index (χ0n) is 9.08. The molecule has 0 spiro atoms. The molecule has 2 aromatic rings. The van der Waals surface area contributed by atoms with Crippen LogP contribution < -0.4 is 5.32 Å². The van der Waals surface area contributed by atoms with Gasteiger partial charge in [-0.3, -0.25) is 9.78 Å². The Hall–Kier alpha value is -1.90. The summed E-state index contributed by atoms with van der Waals surface area (Å²) < 4.78 is 0. The van der Waals surface area contributed by atoms with Gasteiger partial charge in [-0.25, -0.2) is 0 Å². The Morgan fingerprint density at radius 2 is 2.12 bits per heavy atom. The lowest BCUT2D eigenvalue weighted by atomic mass is 9.97. The summed E-state index contributed by atoms with van der Waals surface area (Å²) in [5.74, 6) is 0.0111. The van der Waals surface area contributed by atoms with Gasteiger partial charge in [-0.15, -0.1) is 0 Å². The molecule has 0 saturated carbocycles. The number of hydrogen-bond donors (Lipinski definition) is 1. The first-order chi connectivity index (χ1) is 7.77. The van der Waals surface area contributed by atoms with Crippen molar-refractivity contribution in [3.8, 4) is 0 Å². The lowest BCUT2D eigenvalue weighted by Crippen LogP contribution is -2.33. The van der Waals surface area contributed by atoms with Gasteiger partial charge < -0.3 is 5.32 Å². The molecule has 3 nitrogen and oxygen atoms in total. The molecular weight excluding hydrogens is 200 g/mol. The summed E-state index contributed by atoms with van der Waals surface area (Å²) in [4.78, 5) is 16.4. The molecule has 0 atom stereocenters. The van der Waals surface area contributed by atoms with Crippen molar-refractivity contribution in [2.24, 2.45) is 0 Å². The minimum atomic E-state index is 0.0111. The highest BCUT2D eigenvalue weighted by Crippen LogP contribution is 2.24. The minimum Gasteiger partial charge on any atom is -0.352 e. The monoisotopic (exact) mass is 212 g/mol. The number of aromatic nitrogens is 1. The standard InChI is InChI=1S/C13H12N2O/c1-8-9-4-2-3-5-10(9)15-11-6-7-14-13(16)12(8)11/h2-5H,6-7H2,1H3,(H,14,16). The summed E-state index contributed by atoms with van der Waals surface area (Å²) in [6.45, 7) is 2.68. The molecule has 0 saturated heterocycles. The van der Waals surface area contributed by atoms with E-state index in [9.17, 15) is 4.79 Å². The van der Waals surface area contributed by atoms with Crippen molar-refractivity contribution in [1.29, 1.82) is 0 Å². The van der Waals surface area contributed by atoms with E-state index in [1.807, 2.05) is 31.2 Å². The quantitative estimate of drug-likeness (QED) is 0.723. The molecule has 0 fully saturated rings. The Morgan fingerprint density at radius 1 is 1.31 bits per heavy atom. The van der Waals surface area contributed by atoms with Crippen LogP contribution in [0.15, 0.2) is 24.3 Å². The van der Waals surface area contributed by atoms with Gasteiger partial charge in [-0.05, 0) is 18.6 Å². The second-order valence-corrected chi connectivity index (χ2v) is 4.08. The van der Waals surface area contributed by atoms with Crippen molar-refractivity contribution >= 4 is 16.8 Å². The highest BCUT2D eigenvalue weighted by molar-refractivity contribution is 6.02. The van der Waals surface area contributed by atoms with Crippen LogP contribution in [0.5, 0.6) is 0 Å². The lowest BCUT2D eigenvalue weighted by Gasteiger charge is -2.18. The van der Waals surface area contributed by atoms with Gasteiger partial charge in [0.05, 0.1) is 16.8 Å². The van der Waals surface area contributed by atoms with Crippen LogP contribution in [-0.4, -0.2) is 17.4 Å². The molecule has 1 aromatic carbocycles. The molecule has 0 bridgehead atoms. The number of nitrogens with zero attached hydrogens (tertiary/aromatic N) is 1. The molecule has 1 aliphatic heterocycles. The summed E-state index contributed by atoms with van der Waals surface area (Å²) >= 11 is 0. The molecule has 0 radical (unpaired) electrons. The lowest BCUT2D eigenvalue weighted by molar-refractivity contribution is 0.0944. The fourth-order valence-corrected chi connectivity index (χ4v) is 2.31. The predicted octanol–water partition coefficient (Wildman–Crippen LogP) is 1.83. The van der Waals surface area contributed by atoms with Crippen LogP contribution in [0.3, 0.4) is 0 Å². The van der Waals surface area contributed by atoms with E-state index < -0.39 is 0 Å². The zero-order valence-corrected chi connectivity index (χ0v) is 9.08. The van der Waals surface area contributed by atoms with E-state index in [1.165, 1.54) is 0 Å². The second-order valence-electron chi connectivity index (χ2n) is 4.08. The largest absolute Gasteiger partial charge is 0.352 e. The fraction of sp³-hybridized carbons (Fsp3) is 0.231. The molecule has 1 N–H and O–H groups in total. The minimum absolute atomic E-state index is 0.0111. The summed E-state index contributed by atoms with van der Waals surface area (Å²) in [6, 6.07) is 7.96. The van der Waals surface area contributed by atoms with Gasteiger partial charge in [0.2, 0.25) is 0 Å². The van der Waals surface area contributed by atoms with Gasteiger partial charge in [-0.2, -0.15) is 0 Å². The number of fused-ring (bicyclic) bond motifs is 2. The van der Waals surface area contributed by atoms with Gasteiger partial charge in [0.1, 0.15) is 0 Å². The Balaban J connectivity index is 2.41. The number of carbonyl (C=O) groups is 1. The molecule has 1 aliphatic rings. The normalized spacial score (nSPS) is 14.7. The Labute approximate surface area is 93.5 Å². The first kappa shape index (κ1) is 9.33. The molecule has 0 unspecified atom stereocenters. The molecule has 1 amide bonds. The van der Waals surface area contributed by atoms with E-state index in [0.717, 1.165) is 34.1 Å². The maximum absolute atomic E-state index is 11.8. The van der Waals surface area contributed by atoms with Gasteiger partial charge in [-0.1, -0.05) is 18.2 Å². The molecule has 3 rings (SSSR count). The van der Waals surface area contributed by atoms with Gasteiger partial charge in [0.25, 0.3) is 5.91 Å². The SMILES string of the molecule is Cc1c2c(nc3ccccc13)CCNC2=O. The molecule has 2 heterocycles. The molecule has 3 heteroatoms. The first-order valence-corrected chi connectivity index (χ1v) is 5.44. The van der Waals surface area contributed by atoms with E-state index in [0.29, 0.717) is 6.54 Å². The van der Waals surface area contributed by atoms with Gasteiger partial charge >= 0.3 is 0 Å². The number of benzene rings is 1. The molecular formula is C13H12N2O. The summed E-state index contributed by atoms with van der Waals surface area (Å²) in [5, 5.41) is 3.93. The van der Waals surface area contributed by atoms with Crippen LogP contribution >= 0.6 is 0 Å². The van der Waals surface area contributed by atoms with Crippen LogP contribution in [0.2, 0.25) is 0 Å². The number of rotatable bonds is 0. The van der Waals surface area contributed by atoms with E-state index in [2.05, 4.69) is 10.3 Å². The van der Waals surface area contributed by atoms with E-state index in [4.69, 9.17) is 0 Å². The molecule has 0 aliphatic carbocycles. The third-order valence-electron chi connectivity index (χ3n) is 3.10. The number of amides is 1. The smallest absolute Gasteiger partial charge is 0.253 e. The van der Waals surface area contributed by atoms with Crippen LogP contribution in [0.25, 0.3) is 10.9 Å². The van der Waals surface area contributed by atoms with E-state index in [1.54, 1.807) is 0 Å². The first-order valence-electron chi connectivity index (χ1n) is 5.44. The summed E-state index contributed by atoms with van der Waals surface area (Å²) in [6.07, 6.45) is 0.826. The summed E-state index contributed by atoms with van der Waals surface area (Å²) in [5.41, 5.74) is 3.72. The molecule has 80 valence electrons. The average molecular weight is 212 g/mol. The third-order valence-corrected chi connectivity index (χ3v) is 3.10. The van der Waals surface area contributed by atoms with Crippen molar-refractivity contribution in [2.75, 3.05) is 6.54 Å². The number of hydrogen-bond acceptors (Lipinski definition) is 2. The second kappa shape index (κ2) is 3.30. The van der Waals surface area contributed by atoms with Gasteiger partial charge in [0.15, 0.2) is 0 Å². The molecule has 1 aromatic heterocycles. The fourth-order valence-electron chi connectivity index (χ4n) is 2.31. The van der Waals surface area contributed by atoms with E-state index >= 15 is 0 Å². The topological polar surface area (TPSA) is 42.0 Å². The average Bonchev–Trinajstić information content (AvgIpc) is 2.29. The highest BCUT2D eigenvalue weighted by atomic mass is 16.1. The van der Waals surface area contributed by atoms with Crippen molar-refractivity contribution in [2.45, 2.75) is 13.3 Å². The number of aryl methyl sites for hydroxylation is 1. The van der Waals surface area contributed by atoms with Crippen molar-refractivity contribution in [3.63, 3.8) is 0 Å². The zero-order chi connectivity index (χ0) is 11.1. The van der Waals surface area contributed by atoms with Gasteiger partial charge in [0, 0.05) is 18.4 Å². The maximum atomic E-state index is 11.8. The predicted molar refractivity (Wildman–Crippen MR) is 62.5 cm³/mol. The van der Waals surface area contributed by atoms with Crippen LogP contribution in [0.4, 0.5) is 0 Å². The Morgan fingerprint density at radius 3 is 3.00 bits per heavy atom. The Bertz CT molecular complexity index is 590. The molecule has 16 heavy (non-hydrogen) atoms. The van der Waals surface area contributed by atoms with Crippen molar-refractivity contribution < 1.29 is 4.79 Å². The van der Waals surface area contributed by atoms with Crippen LogP contribution in [0, 0.1) is 6.92 Å². The summed E-state index contributed by atoms with van der Waals surface area (Å²) in [7, 11) is 0. The maximum Gasteiger partial charge on any atom is 0.253 e. The number of pyridine rings is 1. The third kappa shape index (κ3) is 1.21. The van der Waals surface area contributed by atoms with E-state index in [-0.39, 0.29) is 5.91 Å². The highest BCUT2D eigenvalue weighted by Gasteiger charge is 2.21.